The van der Waals surface area contributed by atoms with Crippen LogP contribution in [0.15, 0.2) is 54.6 Å². The Balaban J connectivity index is 2.06. The highest BCUT2D eigenvalue weighted by Gasteiger charge is 2.36. The van der Waals surface area contributed by atoms with Crippen molar-refractivity contribution >= 4 is 17.6 Å². The van der Waals surface area contributed by atoms with E-state index in [4.69, 9.17) is 4.74 Å². The van der Waals surface area contributed by atoms with Crippen LogP contribution in [0.4, 0.5) is 5.69 Å². The van der Waals surface area contributed by atoms with E-state index in [1.54, 1.807) is 17.0 Å². The Hall–Kier alpha value is -2.62. The average molecular weight is 295 g/mol. The molecule has 4 heteroatoms. The second kappa shape index (κ2) is 6.02. The lowest BCUT2D eigenvalue weighted by molar-refractivity contribution is -0.142. The number of carbonyl (C=O) groups is 2. The number of fused-ring (bicyclic) bond motifs is 1. The van der Waals surface area contributed by atoms with Gasteiger partial charge in [-0.25, -0.2) is 4.79 Å². The molecule has 1 amide bonds. The fourth-order valence-corrected chi connectivity index (χ4v) is 2.88. The number of esters is 1. The first-order chi connectivity index (χ1) is 10.7. The number of benzene rings is 2. The van der Waals surface area contributed by atoms with Crippen LogP contribution in [0.2, 0.25) is 0 Å². The van der Waals surface area contributed by atoms with Crippen molar-refractivity contribution in [3.63, 3.8) is 0 Å². The van der Waals surface area contributed by atoms with Gasteiger partial charge < -0.3 is 4.74 Å². The maximum absolute atomic E-state index is 12.9. The fourth-order valence-electron chi connectivity index (χ4n) is 2.88. The van der Waals surface area contributed by atoms with Crippen LogP contribution in [-0.2, 0) is 16.0 Å². The summed E-state index contributed by atoms with van der Waals surface area (Å²) in [6.07, 6.45) is 1.33. The van der Waals surface area contributed by atoms with Crippen molar-refractivity contribution < 1.29 is 14.3 Å². The molecule has 4 nitrogen and oxygen atoms in total. The van der Waals surface area contributed by atoms with Gasteiger partial charge in [-0.05, 0) is 36.6 Å². The minimum Gasteiger partial charge on any atom is -0.467 e. The molecule has 112 valence electrons. The van der Waals surface area contributed by atoms with Crippen LogP contribution < -0.4 is 4.90 Å². The molecule has 1 unspecified atom stereocenters. The van der Waals surface area contributed by atoms with Gasteiger partial charge in [0, 0.05) is 11.3 Å². The van der Waals surface area contributed by atoms with Crippen LogP contribution in [0, 0.1) is 0 Å². The molecule has 0 saturated carbocycles. The number of anilines is 1. The minimum absolute atomic E-state index is 0.178. The van der Waals surface area contributed by atoms with E-state index in [-0.39, 0.29) is 11.9 Å². The predicted molar refractivity (Wildman–Crippen MR) is 83.8 cm³/mol. The molecule has 0 radical (unpaired) electrons. The monoisotopic (exact) mass is 295 g/mol. The van der Waals surface area contributed by atoms with Crippen molar-refractivity contribution in [3.05, 3.63) is 65.7 Å². The van der Waals surface area contributed by atoms with Gasteiger partial charge in [0.15, 0.2) is 0 Å². The highest BCUT2D eigenvalue weighted by atomic mass is 16.5. The second-order valence-corrected chi connectivity index (χ2v) is 5.25. The zero-order chi connectivity index (χ0) is 15.5. The first kappa shape index (κ1) is 14.3. The van der Waals surface area contributed by atoms with Gasteiger partial charge in [-0.1, -0.05) is 36.4 Å². The van der Waals surface area contributed by atoms with Crippen LogP contribution in [0.1, 0.15) is 22.3 Å². The molecule has 2 aromatic rings. The summed E-state index contributed by atoms with van der Waals surface area (Å²) in [6, 6.07) is 16.1. The molecule has 0 N–H and O–H groups in total. The lowest BCUT2D eigenvalue weighted by Gasteiger charge is -2.35. The predicted octanol–water partition coefficient (Wildman–Crippen LogP) is 2.82. The lowest BCUT2D eigenvalue weighted by atomic mass is 9.94. The molecule has 1 atom stereocenters. The summed E-state index contributed by atoms with van der Waals surface area (Å²) in [7, 11) is 1.36. The molecule has 1 aliphatic heterocycles. The van der Waals surface area contributed by atoms with Crippen molar-refractivity contribution in [2.45, 2.75) is 18.9 Å². The van der Waals surface area contributed by atoms with Crippen molar-refractivity contribution in [1.29, 1.82) is 0 Å². The number of hydrogen-bond donors (Lipinski definition) is 0. The van der Waals surface area contributed by atoms with Gasteiger partial charge in [0.05, 0.1) is 7.11 Å². The summed E-state index contributed by atoms with van der Waals surface area (Å²) in [4.78, 5) is 26.6. The first-order valence-electron chi connectivity index (χ1n) is 7.26. The molecule has 3 rings (SSSR count). The highest BCUT2D eigenvalue weighted by molar-refractivity contribution is 6.10. The highest BCUT2D eigenvalue weighted by Crippen LogP contribution is 2.32. The van der Waals surface area contributed by atoms with Crippen molar-refractivity contribution in [1.82, 2.24) is 0 Å². The van der Waals surface area contributed by atoms with Gasteiger partial charge in [-0.15, -0.1) is 0 Å². The fraction of sp³-hybridized carbons (Fsp3) is 0.222. The Morgan fingerprint density at radius 2 is 1.73 bits per heavy atom. The summed E-state index contributed by atoms with van der Waals surface area (Å²) in [5, 5.41) is 0. The first-order valence-corrected chi connectivity index (χ1v) is 7.26. The summed E-state index contributed by atoms with van der Waals surface area (Å²) >= 11 is 0. The van der Waals surface area contributed by atoms with Gasteiger partial charge in [0.2, 0.25) is 0 Å². The molecule has 0 fully saturated rings. The molecular weight excluding hydrogens is 278 g/mol. The third kappa shape index (κ3) is 2.48. The quantitative estimate of drug-likeness (QED) is 0.800. The van der Waals surface area contributed by atoms with E-state index in [1.165, 1.54) is 7.11 Å². The molecule has 0 saturated heterocycles. The van der Waals surface area contributed by atoms with Crippen LogP contribution in [0.5, 0.6) is 0 Å². The van der Waals surface area contributed by atoms with Crippen molar-refractivity contribution in [2.75, 3.05) is 12.0 Å². The standard InChI is InChI=1S/C18H17NO3/c1-22-18(21)16-12-11-13-7-5-6-10-15(13)19(16)17(20)14-8-3-2-4-9-14/h2-10,16H,11-12H2,1H3. The lowest BCUT2D eigenvalue weighted by Crippen LogP contribution is -2.48. The van der Waals surface area contributed by atoms with Crippen molar-refractivity contribution in [3.8, 4) is 0 Å². The van der Waals surface area contributed by atoms with Gasteiger partial charge in [0.25, 0.3) is 5.91 Å². The molecule has 1 aliphatic rings. The summed E-state index contributed by atoms with van der Waals surface area (Å²) in [6.45, 7) is 0. The molecule has 0 aliphatic carbocycles. The van der Waals surface area contributed by atoms with E-state index in [9.17, 15) is 9.59 Å². The summed E-state index contributed by atoms with van der Waals surface area (Å²) < 4.78 is 4.89. The Bertz CT molecular complexity index is 696. The number of para-hydroxylation sites is 1. The van der Waals surface area contributed by atoms with E-state index in [2.05, 4.69) is 0 Å². The molecule has 22 heavy (non-hydrogen) atoms. The largest absolute Gasteiger partial charge is 0.467 e. The van der Waals surface area contributed by atoms with E-state index in [0.717, 1.165) is 17.7 Å². The number of nitrogens with zero attached hydrogens (tertiary/aromatic N) is 1. The van der Waals surface area contributed by atoms with Crippen LogP contribution in [0.3, 0.4) is 0 Å². The normalized spacial score (nSPS) is 16.8. The van der Waals surface area contributed by atoms with Gasteiger partial charge >= 0.3 is 5.97 Å². The topological polar surface area (TPSA) is 46.6 Å². The zero-order valence-corrected chi connectivity index (χ0v) is 12.4. The van der Waals surface area contributed by atoms with Crippen molar-refractivity contribution in [2.24, 2.45) is 0 Å². The number of hydrogen-bond acceptors (Lipinski definition) is 3. The number of methoxy groups -OCH3 is 1. The van der Waals surface area contributed by atoms with Gasteiger partial charge in [-0.3, -0.25) is 9.69 Å². The van der Waals surface area contributed by atoms with Gasteiger partial charge in [0.1, 0.15) is 6.04 Å². The molecule has 0 aromatic heterocycles. The Morgan fingerprint density at radius 1 is 1.05 bits per heavy atom. The summed E-state index contributed by atoms with van der Waals surface area (Å²) in [5.74, 6) is -0.554. The average Bonchev–Trinajstić information content (AvgIpc) is 2.60. The maximum atomic E-state index is 12.9. The third-order valence-corrected chi connectivity index (χ3v) is 3.96. The number of aryl methyl sites for hydroxylation is 1. The van der Waals surface area contributed by atoms with Crippen LogP contribution in [-0.4, -0.2) is 25.0 Å². The number of carbonyl (C=O) groups excluding carboxylic acids is 2. The Kier molecular flexibility index (Phi) is 3.92. The number of amides is 1. The molecular formula is C18H17NO3. The number of ether oxygens (including phenoxy) is 1. The Labute approximate surface area is 129 Å². The van der Waals surface area contributed by atoms with Crippen LogP contribution in [0.25, 0.3) is 0 Å². The summed E-state index contributed by atoms with van der Waals surface area (Å²) in [5.41, 5.74) is 2.43. The molecule has 1 heterocycles. The minimum atomic E-state index is -0.576. The second-order valence-electron chi connectivity index (χ2n) is 5.25. The Morgan fingerprint density at radius 3 is 2.45 bits per heavy atom. The smallest absolute Gasteiger partial charge is 0.328 e. The van der Waals surface area contributed by atoms with Crippen LogP contribution >= 0.6 is 0 Å². The number of rotatable bonds is 2. The van der Waals surface area contributed by atoms with E-state index in [1.807, 2.05) is 42.5 Å². The van der Waals surface area contributed by atoms with Gasteiger partial charge in [-0.2, -0.15) is 0 Å². The maximum Gasteiger partial charge on any atom is 0.328 e. The zero-order valence-electron chi connectivity index (χ0n) is 12.4. The SMILES string of the molecule is COC(=O)C1CCc2ccccc2N1C(=O)c1ccccc1. The van der Waals surface area contributed by atoms with E-state index >= 15 is 0 Å². The third-order valence-electron chi connectivity index (χ3n) is 3.96. The molecule has 0 bridgehead atoms. The van der Waals surface area contributed by atoms with E-state index in [0.29, 0.717) is 12.0 Å². The van der Waals surface area contributed by atoms with E-state index < -0.39 is 6.04 Å². The molecule has 2 aromatic carbocycles. The molecule has 0 spiro atoms.